The molecule has 0 spiro atoms. The highest BCUT2D eigenvalue weighted by Crippen LogP contribution is 2.16. The molecule has 0 fully saturated rings. The number of pyridine rings is 1. The minimum atomic E-state index is 0.667. The molecule has 0 unspecified atom stereocenters. The summed E-state index contributed by atoms with van der Waals surface area (Å²) in [5.41, 5.74) is 3.62. The maximum Gasteiger partial charge on any atom is 0.166 e. The molecule has 0 bridgehead atoms. The Morgan fingerprint density at radius 1 is 1.50 bits per heavy atom. The van der Waals surface area contributed by atoms with Crippen molar-refractivity contribution in [3.8, 4) is 0 Å². The van der Waals surface area contributed by atoms with Crippen molar-refractivity contribution < 1.29 is 4.79 Å². The van der Waals surface area contributed by atoms with Crippen LogP contribution in [0.1, 0.15) is 23.1 Å². The average Bonchev–Trinajstić information content (AvgIpc) is 2.55. The van der Waals surface area contributed by atoms with Crippen LogP contribution in [0.25, 0.3) is 11.0 Å². The third-order valence-corrected chi connectivity index (χ3v) is 2.48. The van der Waals surface area contributed by atoms with Crippen LogP contribution in [0.5, 0.6) is 0 Å². The van der Waals surface area contributed by atoms with Gasteiger partial charge in [-0.25, -0.2) is 0 Å². The van der Waals surface area contributed by atoms with Gasteiger partial charge in [0.25, 0.3) is 0 Å². The molecule has 0 aliphatic rings. The summed E-state index contributed by atoms with van der Waals surface area (Å²) in [7, 11) is 1.87. The van der Waals surface area contributed by atoms with Crippen molar-refractivity contribution in [3.63, 3.8) is 0 Å². The minimum absolute atomic E-state index is 0.667. The van der Waals surface area contributed by atoms with Crippen molar-refractivity contribution in [1.29, 1.82) is 0 Å². The first-order valence-corrected chi connectivity index (χ1v) is 4.66. The molecule has 2 aromatic rings. The van der Waals surface area contributed by atoms with Gasteiger partial charge >= 0.3 is 0 Å². The predicted molar refractivity (Wildman–Crippen MR) is 55.5 cm³/mol. The van der Waals surface area contributed by atoms with Gasteiger partial charge in [0.15, 0.2) is 6.29 Å². The van der Waals surface area contributed by atoms with Gasteiger partial charge in [0.2, 0.25) is 0 Å². The quantitative estimate of drug-likeness (QED) is 0.675. The Morgan fingerprint density at radius 3 is 2.93 bits per heavy atom. The highest BCUT2D eigenvalue weighted by molar-refractivity contribution is 5.86. The molecule has 2 aromatic heterocycles. The van der Waals surface area contributed by atoms with Crippen LogP contribution in [-0.4, -0.2) is 15.8 Å². The van der Waals surface area contributed by atoms with Gasteiger partial charge in [-0.1, -0.05) is 6.92 Å². The molecule has 0 aliphatic carbocycles. The Bertz CT molecular complexity index is 485. The average molecular weight is 188 g/mol. The lowest BCUT2D eigenvalue weighted by Gasteiger charge is -1.98. The van der Waals surface area contributed by atoms with E-state index in [1.54, 1.807) is 0 Å². The van der Waals surface area contributed by atoms with Crippen molar-refractivity contribution in [1.82, 2.24) is 9.55 Å². The SMILES string of the molecule is CCc1ccc2c(cc(C=O)n2C)n1. The first kappa shape index (κ1) is 8.94. The van der Waals surface area contributed by atoms with Gasteiger partial charge in [-0.15, -0.1) is 0 Å². The van der Waals surface area contributed by atoms with Crippen LogP contribution in [0.3, 0.4) is 0 Å². The molecular weight excluding hydrogens is 176 g/mol. The molecule has 0 saturated carbocycles. The van der Waals surface area contributed by atoms with E-state index in [0.29, 0.717) is 5.69 Å². The Balaban J connectivity index is 2.72. The lowest BCUT2D eigenvalue weighted by molar-refractivity contribution is 0.111. The summed E-state index contributed by atoms with van der Waals surface area (Å²) in [4.78, 5) is 15.1. The largest absolute Gasteiger partial charge is 0.340 e. The topological polar surface area (TPSA) is 34.9 Å². The third kappa shape index (κ3) is 1.21. The second-order valence-corrected chi connectivity index (χ2v) is 3.31. The second-order valence-electron chi connectivity index (χ2n) is 3.31. The number of hydrogen-bond donors (Lipinski definition) is 0. The summed E-state index contributed by atoms with van der Waals surface area (Å²) in [6.45, 7) is 2.07. The number of hydrogen-bond acceptors (Lipinski definition) is 2. The summed E-state index contributed by atoms with van der Waals surface area (Å²) >= 11 is 0. The number of nitrogens with zero attached hydrogens (tertiary/aromatic N) is 2. The summed E-state index contributed by atoms with van der Waals surface area (Å²) in [5.74, 6) is 0. The van der Waals surface area contributed by atoms with E-state index in [-0.39, 0.29) is 0 Å². The van der Waals surface area contributed by atoms with E-state index in [2.05, 4.69) is 11.9 Å². The van der Waals surface area contributed by atoms with E-state index >= 15 is 0 Å². The number of fused-ring (bicyclic) bond motifs is 1. The van der Waals surface area contributed by atoms with Gasteiger partial charge < -0.3 is 4.57 Å². The van der Waals surface area contributed by atoms with E-state index in [9.17, 15) is 4.79 Å². The van der Waals surface area contributed by atoms with Gasteiger partial charge in [-0.3, -0.25) is 9.78 Å². The molecule has 0 atom stereocenters. The molecule has 0 aromatic carbocycles. The molecule has 0 radical (unpaired) electrons. The van der Waals surface area contributed by atoms with Crippen LogP contribution in [0.4, 0.5) is 0 Å². The van der Waals surface area contributed by atoms with Gasteiger partial charge in [0, 0.05) is 12.7 Å². The van der Waals surface area contributed by atoms with Crippen molar-refractivity contribution in [2.45, 2.75) is 13.3 Å². The molecule has 14 heavy (non-hydrogen) atoms. The summed E-state index contributed by atoms with van der Waals surface area (Å²) in [6, 6.07) is 5.83. The number of carbonyl (C=O) groups is 1. The molecule has 0 saturated heterocycles. The summed E-state index contributed by atoms with van der Waals surface area (Å²) in [6.07, 6.45) is 1.77. The Hall–Kier alpha value is -1.64. The van der Waals surface area contributed by atoms with Crippen molar-refractivity contribution >= 4 is 17.3 Å². The van der Waals surface area contributed by atoms with E-state index in [1.165, 1.54) is 0 Å². The number of carbonyl (C=O) groups excluding carboxylic acids is 1. The predicted octanol–water partition coefficient (Wildman–Crippen LogP) is 1.95. The maximum atomic E-state index is 10.7. The van der Waals surface area contributed by atoms with E-state index in [0.717, 1.165) is 29.4 Å². The third-order valence-electron chi connectivity index (χ3n) is 2.48. The molecular formula is C11H12N2O. The van der Waals surface area contributed by atoms with Crippen LogP contribution >= 0.6 is 0 Å². The van der Waals surface area contributed by atoms with Crippen LogP contribution in [0, 0.1) is 0 Å². The minimum Gasteiger partial charge on any atom is -0.340 e. The maximum absolute atomic E-state index is 10.7. The number of aromatic nitrogens is 2. The smallest absolute Gasteiger partial charge is 0.166 e. The lowest BCUT2D eigenvalue weighted by Crippen LogP contribution is -1.93. The normalized spacial score (nSPS) is 10.7. The monoisotopic (exact) mass is 188 g/mol. The zero-order valence-electron chi connectivity index (χ0n) is 8.32. The molecule has 3 nitrogen and oxygen atoms in total. The fourth-order valence-corrected chi connectivity index (χ4v) is 1.59. The standard InChI is InChI=1S/C11H12N2O/c1-3-8-4-5-11-10(12-8)6-9(7-14)13(11)2/h4-7H,3H2,1-2H3. The van der Waals surface area contributed by atoms with Crippen molar-refractivity contribution in [2.24, 2.45) is 7.05 Å². The molecule has 2 heterocycles. The van der Waals surface area contributed by atoms with Gasteiger partial charge in [0.1, 0.15) is 0 Å². The van der Waals surface area contributed by atoms with Gasteiger partial charge in [0.05, 0.1) is 16.7 Å². The summed E-state index contributed by atoms with van der Waals surface area (Å²) < 4.78 is 1.86. The van der Waals surface area contributed by atoms with Gasteiger partial charge in [-0.05, 0) is 24.6 Å². The fraction of sp³-hybridized carbons (Fsp3) is 0.273. The van der Waals surface area contributed by atoms with E-state index < -0.39 is 0 Å². The molecule has 0 amide bonds. The van der Waals surface area contributed by atoms with Crippen LogP contribution in [-0.2, 0) is 13.5 Å². The highest BCUT2D eigenvalue weighted by atomic mass is 16.1. The number of aldehydes is 1. The Morgan fingerprint density at radius 2 is 2.29 bits per heavy atom. The first-order valence-electron chi connectivity index (χ1n) is 4.66. The highest BCUT2D eigenvalue weighted by Gasteiger charge is 2.05. The van der Waals surface area contributed by atoms with Crippen molar-refractivity contribution in [2.75, 3.05) is 0 Å². The van der Waals surface area contributed by atoms with Crippen LogP contribution < -0.4 is 0 Å². The first-order chi connectivity index (χ1) is 6.76. The Kier molecular flexibility index (Phi) is 2.08. The zero-order chi connectivity index (χ0) is 10.1. The van der Waals surface area contributed by atoms with E-state index in [4.69, 9.17) is 0 Å². The van der Waals surface area contributed by atoms with Gasteiger partial charge in [-0.2, -0.15) is 0 Å². The lowest BCUT2D eigenvalue weighted by atomic mass is 10.2. The summed E-state index contributed by atoms with van der Waals surface area (Å²) in [5, 5.41) is 0. The molecule has 2 rings (SSSR count). The van der Waals surface area contributed by atoms with Crippen molar-refractivity contribution in [3.05, 3.63) is 29.6 Å². The Labute approximate surface area is 82.4 Å². The molecule has 0 N–H and O–H groups in total. The number of aryl methyl sites for hydroxylation is 2. The molecule has 3 heteroatoms. The molecule has 0 aliphatic heterocycles. The second kappa shape index (κ2) is 3.25. The molecule has 72 valence electrons. The fourth-order valence-electron chi connectivity index (χ4n) is 1.59. The van der Waals surface area contributed by atoms with Crippen LogP contribution in [0.2, 0.25) is 0 Å². The number of rotatable bonds is 2. The zero-order valence-corrected chi connectivity index (χ0v) is 8.32. The van der Waals surface area contributed by atoms with Crippen LogP contribution in [0.15, 0.2) is 18.2 Å². The van der Waals surface area contributed by atoms with E-state index in [1.807, 2.05) is 29.8 Å².